The van der Waals surface area contributed by atoms with Gasteiger partial charge in [-0.15, -0.1) is 4.95 Å². The van der Waals surface area contributed by atoms with E-state index in [4.69, 9.17) is 6.57 Å². The SMILES string of the molecule is [C-]#[N+]/N=C1\c2ccccc2C(=NC#N)c2nc(-c3ccc(C(F)(F)F)c(F)c3)c(-c3ccc(C(F)(F)F)c(F)c3)nc21. The van der Waals surface area contributed by atoms with Gasteiger partial charge in [-0.2, -0.15) is 43.2 Å². The van der Waals surface area contributed by atoms with Gasteiger partial charge in [-0.05, 0) is 24.3 Å². The van der Waals surface area contributed by atoms with Gasteiger partial charge in [0.05, 0.1) is 27.6 Å². The number of nitrogens with zero attached hydrogens (tertiary/aromatic N) is 6. The second kappa shape index (κ2) is 10.2. The smallest absolute Gasteiger partial charge is 0.241 e. The first-order valence-electron chi connectivity index (χ1n) is 11.5. The summed E-state index contributed by atoms with van der Waals surface area (Å²) in [6, 6.07) is 9.84. The molecule has 0 saturated carbocycles. The molecule has 0 radical (unpaired) electrons. The van der Waals surface area contributed by atoms with E-state index in [1.165, 1.54) is 12.1 Å². The van der Waals surface area contributed by atoms with Crippen molar-refractivity contribution in [2.45, 2.75) is 12.4 Å². The quantitative estimate of drug-likeness (QED) is 0.0940. The lowest BCUT2D eigenvalue weighted by Crippen LogP contribution is -2.25. The van der Waals surface area contributed by atoms with E-state index >= 15 is 0 Å². The van der Waals surface area contributed by atoms with Gasteiger partial charge in [-0.1, -0.05) is 36.4 Å². The third kappa shape index (κ3) is 4.83. The van der Waals surface area contributed by atoms with Gasteiger partial charge in [0, 0.05) is 22.3 Å². The summed E-state index contributed by atoms with van der Waals surface area (Å²) in [7, 11) is 0. The van der Waals surface area contributed by atoms with Gasteiger partial charge in [0.15, 0.2) is 5.71 Å². The van der Waals surface area contributed by atoms with Crippen LogP contribution in [0.1, 0.15) is 33.6 Å². The number of alkyl halides is 6. The summed E-state index contributed by atoms with van der Waals surface area (Å²) in [4.78, 5) is 15.6. The highest BCUT2D eigenvalue weighted by Gasteiger charge is 2.37. The number of nitriles is 1. The molecule has 1 aromatic heterocycles. The standard InChI is InChI=1S/C28H10F8N6/c1-38-42-24-16-5-3-2-4-15(16)23(39-12-37)25-26(24)41-22(14-7-9-18(20(30)11-14)28(34,35)36)21(40-25)13-6-8-17(19(29)10-13)27(31,32)33/h2-11H/b39-23?,42-24+. The maximum atomic E-state index is 14.6. The van der Waals surface area contributed by atoms with Crippen molar-refractivity contribution in [1.29, 1.82) is 5.26 Å². The molecule has 0 N–H and O–H groups in total. The summed E-state index contributed by atoms with van der Waals surface area (Å²) < 4.78 is 109. The Morgan fingerprint density at radius 3 is 1.55 bits per heavy atom. The zero-order chi connectivity index (χ0) is 30.4. The lowest BCUT2D eigenvalue weighted by Gasteiger charge is -2.22. The topological polar surface area (TPSA) is 78.6 Å². The lowest BCUT2D eigenvalue weighted by molar-refractivity contribution is -0.140. The number of aliphatic imine (C=N–C) groups is 1. The molecule has 4 aromatic rings. The van der Waals surface area contributed by atoms with E-state index in [1.807, 2.05) is 0 Å². The molecule has 0 saturated heterocycles. The Kier molecular flexibility index (Phi) is 6.78. The second-order valence-electron chi connectivity index (χ2n) is 8.66. The molecule has 42 heavy (non-hydrogen) atoms. The van der Waals surface area contributed by atoms with Crippen LogP contribution >= 0.6 is 0 Å². The molecular formula is C28H10F8N6. The minimum Gasteiger partial charge on any atom is -0.241 e. The molecule has 1 aliphatic rings. The zero-order valence-electron chi connectivity index (χ0n) is 20.5. The predicted octanol–water partition coefficient (Wildman–Crippen LogP) is 7.43. The molecule has 6 nitrogen and oxygen atoms in total. The van der Waals surface area contributed by atoms with Crippen LogP contribution in [0.2, 0.25) is 0 Å². The Morgan fingerprint density at radius 2 is 1.14 bits per heavy atom. The molecule has 0 amide bonds. The van der Waals surface area contributed by atoms with Crippen LogP contribution in [-0.2, 0) is 12.4 Å². The molecule has 0 spiro atoms. The number of benzene rings is 3. The fraction of sp³-hybridized carbons (Fsp3) is 0.0714. The first-order valence-corrected chi connectivity index (χ1v) is 11.5. The van der Waals surface area contributed by atoms with E-state index < -0.39 is 35.1 Å². The first-order chi connectivity index (χ1) is 19.8. The largest absolute Gasteiger partial charge is 0.419 e. The highest BCUT2D eigenvalue weighted by atomic mass is 19.4. The van der Waals surface area contributed by atoms with E-state index in [-0.39, 0.29) is 45.3 Å². The molecule has 0 fully saturated rings. The van der Waals surface area contributed by atoms with Crippen molar-refractivity contribution in [3.63, 3.8) is 0 Å². The van der Waals surface area contributed by atoms with Crippen molar-refractivity contribution in [2.24, 2.45) is 10.1 Å². The van der Waals surface area contributed by atoms with Gasteiger partial charge in [0.2, 0.25) is 6.19 Å². The average molecular weight is 582 g/mol. The van der Waals surface area contributed by atoms with E-state index in [0.29, 0.717) is 35.4 Å². The highest BCUT2D eigenvalue weighted by Crippen LogP contribution is 2.39. The highest BCUT2D eigenvalue weighted by molar-refractivity contribution is 6.30. The van der Waals surface area contributed by atoms with Gasteiger partial charge in [0.25, 0.3) is 0 Å². The van der Waals surface area contributed by atoms with Crippen molar-refractivity contribution >= 4 is 11.4 Å². The second-order valence-corrected chi connectivity index (χ2v) is 8.66. The molecule has 3 aromatic carbocycles. The number of rotatable bonds is 2. The number of halogens is 8. The van der Waals surface area contributed by atoms with E-state index in [0.717, 1.165) is 12.1 Å². The van der Waals surface area contributed by atoms with Crippen LogP contribution in [0.25, 0.3) is 27.5 Å². The molecule has 0 aliphatic heterocycles. The Hall–Kier alpha value is -5.50. The van der Waals surface area contributed by atoms with Gasteiger partial charge in [0.1, 0.15) is 28.7 Å². The molecule has 0 unspecified atom stereocenters. The Morgan fingerprint density at radius 1 is 0.690 bits per heavy atom. The Balaban J connectivity index is 1.87. The maximum Gasteiger partial charge on any atom is 0.419 e. The van der Waals surface area contributed by atoms with Crippen LogP contribution in [0.15, 0.2) is 70.8 Å². The lowest BCUT2D eigenvalue weighted by atomic mass is 9.87. The van der Waals surface area contributed by atoms with Crippen molar-refractivity contribution < 1.29 is 35.1 Å². The van der Waals surface area contributed by atoms with Crippen LogP contribution in [0.3, 0.4) is 0 Å². The van der Waals surface area contributed by atoms with E-state index in [1.54, 1.807) is 18.3 Å². The van der Waals surface area contributed by atoms with Crippen molar-refractivity contribution in [3.8, 4) is 28.7 Å². The van der Waals surface area contributed by atoms with Crippen LogP contribution < -0.4 is 0 Å². The van der Waals surface area contributed by atoms with Crippen LogP contribution in [0.4, 0.5) is 35.1 Å². The first kappa shape index (κ1) is 28.0. The van der Waals surface area contributed by atoms with Crippen molar-refractivity contribution in [3.05, 3.63) is 117 Å². The summed E-state index contributed by atoms with van der Waals surface area (Å²) in [6.07, 6.45) is -8.46. The predicted molar refractivity (Wildman–Crippen MR) is 133 cm³/mol. The summed E-state index contributed by atoms with van der Waals surface area (Å²) in [5.41, 5.74) is -4.43. The van der Waals surface area contributed by atoms with Crippen molar-refractivity contribution in [2.75, 3.05) is 0 Å². The fourth-order valence-electron chi connectivity index (χ4n) is 4.42. The van der Waals surface area contributed by atoms with Gasteiger partial charge < -0.3 is 0 Å². The number of hydrogen-bond acceptors (Lipinski definition) is 5. The third-order valence-electron chi connectivity index (χ3n) is 6.19. The van der Waals surface area contributed by atoms with Gasteiger partial charge in [-0.25, -0.2) is 18.7 Å². The Bertz CT molecular complexity index is 1770. The summed E-state index contributed by atoms with van der Waals surface area (Å²) in [5, 5.41) is 13.1. The monoisotopic (exact) mass is 582 g/mol. The molecule has 0 atom stereocenters. The number of aromatic nitrogens is 2. The van der Waals surface area contributed by atoms with Crippen LogP contribution in [0.5, 0.6) is 0 Å². The molecule has 0 bridgehead atoms. The van der Waals surface area contributed by atoms with Crippen LogP contribution in [0, 0.1) is 29.7 Å². The summed E-state index contributed by atoms with van der Waals surface area (Å²) in [6.45, 7) is 7.27. The summed E-state index contributed by atoms with van der Waals surface area (Å²) in [5.74, 6) is -3.37. The van der Waals surface area contributed by atoms with E-state index in [2.05, 4.69) is 25.0 Å². The van der Waals surface area contributed by atoms with Crippen LogP contribution in [-0.4, -0.2) is 21.4 Å². The maximum absolute atomic E-state index is 14.6. The van der Waals surface area contributed by atoms with E-state index in [9.17, 15) is 40.4 Å². The normalized spacial score (nSPS) is 14.7. The summed E-state index contributed by atoms with van der Waals surface area (Å²) >= 11 is 0. The fourth-order valence-corrected chi connectivity index (χ4v) is 4.42. The molecule has 208 valence electrons. The minimum atomic E-state index is -5.04. The molecule has 1 heterocycles. The van der Waals surface area contributed by atoms with Crippen molar-refractivity contribution in [1.82, 2.24) is 9.97 Å². The van der Waals surface area contributed by atoms with Gasteiger partial charge >= 0.3 is 12.4 Å². The van der Waals surface area contributed by atoms with Gasteiger partial charge in [-0.3, -0.25) is 0 Å². The minimum absolute atomic E-state index is 0.0706. The molecule has 14 heteroatoms. The zero-order valence-corrected chi connectivity index (χ0v) is 20.5. The third-order valence-corrected chi connectivity index (χ3v) is 6.19. The number of fused-ring (bicyclic) bond motifs is 2. The number of hydrogen-bond donors (Lipinski definition) is 0. The molecular weight excluding hydrogens is 572 g/mol. The molecule has 5 rings (SSSR count). The average Bonchev–Trinajstić information content (AvgIpc) is 2.92. The molecule has 1 aliphatic carbocycles. The Labute approximate surface area is 230 Å².